The van der Waals surface area contributed by atoms with Crippen molar-refractivity contribution < 1.29 is 4.74 Å². The number of piperazine rings is 1. The quantitative estimate of drug-likeness (QED) is 0.767. The number of likely N-dealkylation sites (tertiary alicyclic amines) is 2. The number of hydrogen-bond donors (Lipinski definition) is 1. The van der Waals surface area contributed by atoms with Gasteiger partial charge in [0.25, 0.3) is 0 Å². The number of aromatic amines is 1. The van der Waals surface area contributed by atoms with Gasteiger partial charge in [-0.15, -0.1) is 0 Å². The summed E-state index contributed by atoms with van der Waals surface area (Å²) < 4.78 is 5.18. The van der Waals surface area contributed by atoms with E-state index in [4.69, 9.17) is 4.74 Å². The molecule has 0 aliphatic carbocycles. The number of benzene rings is 1. The number of ether oxygens (including phenoxy) is 1. The van der Waals surface area contributed by atoms with Gasteiger partial charge in [-0.3, -0.25) is 9.80 Å². The van der Waals surface area contributed by atoms with Crippen molar-refractivity contribution in [3.05, 3.63) is 53.9 Å². The van der Waals surface area contributed by atoms with Crippen LogP contribution in [0.25, 0.3) is 11.2 Å². The summed E-state index contributed by atoms with van der Waals surface area (Å²) in [4.78, 5) is 17.6. The normalized spacial score (nSPS) is 23.1. The molecule has 0 amide bonds. The molecule has 1 aromatic carbocycles. The highest BCUT2D eigenvalue weighted by atomic mass is 16.5. The Kier molecular flexibility index (Phi) is 3.87. The largest absolute Gasteiger partial charge is 0.481 e. The van der Waals surface area contributed by atoms with Gasteiger partial charge in [0.1, 0.15) is 5.82 Å². The molecule has 6 nitrogen and oxygen atoms in total. The first-order valence-corrected chi connectivity index (χ1v) is 9.20. The van der Waals surface area contributed by atoms with Crippen LogP contribution in [0, 0.1) is 0 Å². The molecule has 2 atom stereocenters. The Morgan fingerprint density at radius 3 is 2.50 bits per heavy atom. The molecule has 6 heteroatoms. The van der Waals surface area contributed by atoms with Crippen LogP contribution in [0.4, 0.5) is 0 Å². The smallest absolute Gasteiger partial charge is 0.215 e. The van der Waals surface area contributed by atoms with Crippen LogP contribution in [-0.4, -0.2) is 57.0 Å². The lowest BCUT2D eigenvalue weighted by atomic mass is 10.2. The van der Waals surface area contributed by atoms with Crippen LogP contribution in [-0.2, 0) is 13.1 Å². The Morgan fingerprint density at radius 2 is 1.77 bits per heavy atom. The van der Waals surface area contributed by atoms with Gasteiger partial charge in [0.05, 0.1) is 19.2 Å². The van der Waals surface area contributed by atoms with E-state index in [0.29, 0.717) is 18.0 Å². The fourth-order valence-corrected chi connectivity index (χ4v) is 4.34. The first-order chi connectivity index (χ1) is 12.8. The third kappa shape index (κ3) is 2.85. The first-order valence-electron chi connectivity index (χ1n) is 9.20. The number of nitrogens with one attached hydrogen (secondary N) is 1. The molecule has 2 aromatic heterocycles. The van der Waals surface area contributed by atoms with Gasteiger partial charge in [0.2, 0.25) is 5.88 Å². The SMILES string of the molecule is COc1ccc2[nH]c(CN3C[C@@H]4C[C@H]3CN4Cc3ccccc3)nc2n1. The minimum atomic E-state index is 0.604. The fraction of sp³-hybridized carbons (Fsp3) is 0.400. The zero-order chi connectivity index (χ0) is 17.5. The second kappa shape index (κ2) is 6.37. The molecule has 0 spiro atoms. The third-order valence-electron chi connectivity index (χ3n) is 5.63. The molecule has 0 radical (unpaired) electrons. The van der Waals surface area contributed by atoms with Crippen LogP contribution < -0.4 is 4.74 Å². The highest BCUT2D eigenvalue weighted by Gasteiger charge is 2.43. The predicted octanol–water partition coefficient (Wildman–Crippen LogP) is 2.43. The van der Waals surface area contributed by atoms with Gasteiger partial charge in [0.15, 0.2) is 5.65 Å². The number of methoxy groups -OCH3 is 1. The van der Waals surface area contributed by atoms with Crippen molar-refractivity contribution in [2.24, 2.45) is 0 Å². The minimum Gasteiger partial charge on any atom is -0.481 e. The number of pyridine rings is 1. The minimum absolute atomic E-state index is 0.604. The summed E-state index contributed by atoms with van der Waals surface area (Å²) >= 11 is 0. The molecule has 2 fully saturated rings. The maximum Gasteiger partial charge on any atom is 0.215 e. The Labute approximate surface area is 152 Å². The van der Waals surface area contributed by atoms with Crippen molar-refractivity contribution in [2.75, 3.05) is 20.2 Å². The maximum atomic E-state index is 5.18. The van der Waals surface area contributed by atoms with E-state index in [0.717, 1.165) is 43.2 Å². The molecule has 0 unspecified atom stereocenters. The van der Waals surface area contributed by atoms with Crippen molar-refractivity contribution in [3.63, 3.8) is 0 Å². The summed E-state index contributed by atoms with van der Waals surface area (Å²) in [6, 6.07) is 15.9. The van der Waals surface area contributed by atoms with E-state index in [2.05, 4.69) is 55.1 Å². The lowest BCUT2D eigenvalue weighted by Gasteiger charge is -2.33. The monoisotopic (exact) mass is 349 g/mol. The number of imidazole rings is 1. The first kappa shape index (κ1) is 15.8. The standard InChI is InChI=1S/C20H23N5O/c1-26-19-8-7-17-20(23-19)22-18(21-17)13-25-12-15-9-16(25)11-24(15)10-14-5-3-2-4-6-14/h2-8,15-16H,9-13H2,1H3,(H,21,22,23)/t15-,16-/m0/s1. The molecule has 1 N–H and O–H groups in total. The van der Waals surface area contributed by atoms with Crippen molar-refractivity contribution >= 4 is 11.2 Å². The second-order valence-corrected chi connectivity index (χ2v) is 7.30. The fourth-order valence-electron chi connectivity index (χ4n) is 4.34. The van der Waals surface area contributed by atoms with Crippen molar-refractivity contribution in [2.45, 2.75) is 31.6 Å². The maximum absolute atomic E-state index is 5.18. The lowest BCUT2D eigenvalue weighted by molar-refractivity contribution is 0.116. The van der Waals surface area contributed by atoms with Crippen LogP contribution in [0.15, 0.2) is 42.5 Å². The van der Waals surface area contributed by atoms with E-state index in [1.165, 1.54) is 12.0 Å². The summed E-state index contributed by atoms with van der Waals surface area (Å²) in [7, 11) is 1.63. The molecule has 2 saturated heterocycles. The Morgan fingerprint density at radius 1 is 1.00 bits per heavy atom. The Hall–Kier alpha value is -2.44. The molecule has 2 bridgehead atoms. The van der Waals surface area contributed by atoms with Crippen molar-refractivity contribution in [3.8, 4) is 5.88 Å². The average Bonchev–Trinajstić information content (AvgIpc) is 3.35. The molecule has 2 aliphatic heterocycles. The molecule has 3 aromatic rings. The summed E-state index contributed by atoms with van der Waals surface area (Å²) in [5.41, 5.74) is 3.11. The van der Waals surface area contributed by atoms with Crippen LogP contribution in [0.5, 0.6) is 5.88 Å². The zero-order valence-electron chi connectivity index (χ0n) is 14.9. The number of nitrogens with zero attached hydrogens (tertiary/aromatic N) is 4. The Balaban J connectivity index is 1.25. The highest BCUT2D eigenvalue weighted by molar-refractivity contribution is 5.71. The molecular weight excluding hydrogens is 326 g/mol. The average molecular weight is 349 g/mol. The summed E-state index contributed by atoms with van der Waals surface area (Å²) in [5, 5.41) is 0. The van der Waals surface area contributed by atoms with E-state index in [1.54, 1.807) is 7.11 Å². The van der Waals surface area contributed by atoms with Crippen molar-refractivity contribution in [1.82, 2.24) is 24.8 Å². The van der Waals surface area contributed by atoms with Gasteiger partial charge in [-0.05, 0) is 18.1 Å². The van der Waals surface area contributed by atoms with Gasteiger partial charge in [-0.1, -0.05) is 30.3 Å². The van der Waals surface area contributed by atoms with E-state index < -0.39 is 0 Å². The van der Waals surface area contributed by atoms with Gasteiger partial charge < -0.3 is 9.72 Å². The topological polar surface area (TPSA) is 57.3 Å². The number of aromatic nitrogens is 3. The highest BCUT2D eigenvalue weighted by Crippen LogP contribution is 2.32. The molecule has 134 valence electrons. The number of rotatable bonds is 5. The Bertz CT molecular complexity index is 909. The number of hydrogen-bond acceptors (Lipinski definition) is 5. The van der Waals surface area contributed by atoms with Gasteiger partial charge in [0, 0.05) is 37.8 Å². The molecule has 5 rings (SSSR count). The molecular formula is C20H23N5O. The zero-order valence-corrected chi connectivity index (χ0v) is 14.9. The van der Waals surface area contributed by atoms with E-state index in [-0.39, 0.29) is 0 Å². The van der Waals surface area contributed by atoms with Crippen LogP contribution >= 0.6 is 0 Å². The molecule has 0 saturated carbocycles. The molecule has 26 heavy (non-hydrogen) atoms. The second-order valence-electron chi connectivity index (χ2n) is 7.30. The van der Waals surface area contributed by atoms with Crippen LogP contribution in [0.3, 0.4) is 0 Å². The van der Waals surface area contributed by atoms with E-state index >= 15 is 0 Å². The molecule has 4 heterocycles. The van der Waals surface area contributed by atoms with Gasteiger partial charge >= 0.3 is 0 Å². The summed E-state index contributed by atoms with van der Waals surface area (Å²) in [5.74, 6) is 1.59. The predicted molar refractivity (Wildman–Crippen MR) is 99.9 cm³/mol. The van der Waals surface area contributed by atoms with E-state index in [1.807, 2.05) is 12.1 Å². The summed E-state index contributed by atoms with van der Waals surface area (Å²) in [6.07, 6.45) is 1.26. The van der Waals surface area contributed by atoms with Crippen LogP contribution in [0.1, 0.15) is 17.8 Å². The van der Waals surface area contributed by atoms with E-state index in [9.17, 15) is 0 Å². The van der Waals surface area contributed by atoms with Gasteiger partial charge in [-0.25, -0.2) is 4.98 Å². The third-order valence-corrected chi connectivity index (χ3v) is 5.63. The lowest BCUT2D eigenvalue weighted by Crippen LogP contribution is -2.45. The number of fused-ring (bicyclic) bond motifs is 3. The number of H-pyrrole nitrogens is 1. The summed E-state index contributed by atoms with van der Waals surface area (Å²) in [6.45, 7) is 4.18. The van der Waals surface area contributed by atoms with Gasteiger partial charge in [-0.2, -0.15) is 4.98 Å². The van der Waals surface area contributed by atoms with Crippen LogP contribution in [0.2, 0.25) is 0 Å². The van der Waals surface area contributed by atoms with Crippen molar-refractivity contribution in [1.29, 1.82) is 0 Å². The molecule has 2 aliphatic rings.